The summed E-state index contributed by atoms with van der Waals surface area (Å²) in [6.45, 7) is 16.6. The van der Waals surface area contributed by atoms with Gasteiger partial charge in [0.25, 0.3) is 11.8 Å². The van der Waals surface area contributed by atoms with Crippen molar-refractivity contribution < 1.29 is 59.6 Å². The predicted molar refractivity (Wildman–Crippen MR) is 280 cm³/mol. The van der Waals surface area contributed by atoms with Crippen LogP contribution in [0.3, 0.4) is 0 Å². The van der Waals surface area contributed by atoms with Crippen LogP contribution < -0.4 is 14.3 Å². The van der Waals surface area contributed by atoms with Crippen LogP contribution in [0.25, 0.3) is 11.1 Å². The van der Waals surface area contributed by atoms with Crippen molar-refractivity contribution in [1.82, 2.24) is 14.5 Å². The van der Waals surface area contributed by atoms with Gasteiger partial charge in [0.1, 0.15) is 6.54 Å². The lowest BCUT2D eigenvalue weighted by Gasteiger charge is -2.27. The number of allylic oxidation sites excluding steroid dienone is 4. The third-order valence-electron chi connectivity index (χ3n) is 13.5. The molecule has 398 valence electrons. The molecule has 0 spiro atoms. The number of nitrogens with zero attached hydrogens (tertiary/aromatic N) is 3. The number of ether oxygens (including phenoxy) is 4. The molecule has 3 aromatic carbocycles. The van der Waals surface area contributed by atoms with E-state index in [0.717, 1.165) is 64.4 Å². The minimum absolute atomic E-state index is 0.00825. The fraction of sp³-hybridized carbons (Fsp3) is 0.519. The van der Waals surface area contributed by atoms with Gasteiger partial charge in [0, 0.05) is 93.5 Å². The van der Waals surface area contributed by atoms with E-state index in [4.69, 9.17) is 23.8 Å². The van der Waals surface area contributed by atoms with E-state index in [1.165, 1.54) is 0 Å². The molecule has 3 aliphatic rings. The topological polar surface area (TPSA) is 199 Å². The summed E-state index contributed by atoms with van der Waals surface area (Å²) in [6, 6.07) is 18.2. The molecule has 1 saturated heterocycles. The normalized spacial score (nSPS) is 17.3. The van der Waals surface area contributed by atoms with E-state index < -0.39 is 54.7 Å². The molecule has 1 fully saturated rings. The molecule has 0 saturated carbocycles. The first-order valence-electron chi connectivity index (χ1n) is 25.2. The van der Waals surface area contributed by atoms with Crippen LogP contribution in [0.5, 0.6) is 0 Å². The number of imide groups is 1. The minimum Gasteiger partial charge on any atom is -0.382 e. The molecule has 1 atom stereocenters. The molecule has 3 aromatic rings. The van der Waals surface area contributed by atoms with Crippen molar-refractivity contribution in [3.8, 4) is 11.1 Å². The highest BCUT2D eigenvalue weighted by molar-refractivity contribution is 7.89. The fourth-order valence-corrected chi connectivity index (χ4v) is 11.7. The summed E-state index contributed by atoms with van der Waals surface area (Å²) in [4.78, 5) is 43.4. The Kier molecular flexibility index (Phi) is 19.9. The Labute approximate surface area is 432 Å². The Morgan fingerprint density at radius 1 is 0.767 bits per heavy atom. The van der Waals surface area contributed by atoms with E-state index in [9.17, 15) is 31.2 Å². The van der Waals surface area contributed by atoms with E-state index in [1.807, 2.05) is 18.2 Å². The van der Waals surface area contributed by atoms with Gasteiger partial charge in [-0.1, -0.05) is 57.9 Å². The van der Waals surface area contributed by atoms with Crippen LogP contribution in [0.15, 0.2) is 94.4 Å². The lowest BCUT2D eigenvalue weighted by Crippen LogP contribution is -2.33. The van der Waals surface area contributed by atoms with Crippen molar-refractivity contribution in [2.24, 2.45) is 0 Å². The molecule has 19 heteroatoms. The van der Waals surface area contributed by atoms with Gasteiger partial charge in [-0.25, -0.2) is 31.1 Å². The molecular formula is C54H74N5O12S2+. The number of methoxy groups -OCH3 is 2. The molecule has 0 bridgehead atoms. The summed E-state index contributed by atoms with van der Waals surface area (Å²) in [5, 5.41) is 0.534. The Morgan fingerprint density at radius 3 is 2.10 bits per heavy atom. The minimum atomic E-state index is -3.92. The summed E-state index contributed by atoms with van der Waals surface area (Å²) in [7, 11) is -4.43. The second-order valence-electron chi connectivity index (χ2n) is 19.6. The van der Waals surface area contributed by atoms with Crippen molar-refractivity contribution in [2.45, 2.75) is 120 Å². The van der Waals surface area contributed by atoms with Crippen LogP contribution in [-0.2, 0) is 69.0 Å². The van der Waals surface area contributed by atoms with E-state index in [1.54, 1.807) is 45.4 Å². The summed E-state index contributed by atoms with van der Waals surface area (Å²) in [6.07, 6.45) is 9.72. The number of hydroxylamine groups is 2. The van der Waals surface area contributed by atoms with Gasteiger partial charge in [0.15, 0.2) is 5.71 Å². The van der Waals surface area contributed by atoms with Crippen LogP contribution in [0.1, 0.15) is 104 Å². The first kappa shape index (κ1) is 57.2. The molecule has 0 aliphatic carbocycles. The Hall–Kier alpha value is -5.12. The summed E-state index contributed by atoms with van der Waals surface area (Å²) < 4.78 is 83.2. The number of carbonyl (C=O) groups is 3. The number of carbonyl (C=O) groups excluding carboxylic acids is 3. The van der Waals surface area contributed by atoms with Crippen molar-refractivity contribution in [3.05, 3.63) is 95.7 Å². The van der Waals surface area contributed by atoms with Gasteiger partial charge in [0.05, 0.1) is 54.8 Å². The van der Waals surface area contributed by atoms with Gasteiger partial charge >= 0.3 is 5.97 Å². The zero-order chi connectivity index (χ0) is 53.0. The third kappa shape index (κ3) is 14.0. The zero-order valence-corrected chi connectivity index (χ0v) is 45.3. The third-order valence-corrected chi connectivity index (χ3v) is 16.6. The number of hydrogen-bond donors (Lipinski definition) is 2. The maximum absolute atomic E-state index is 13.9. The SMILES string of the molecule is CCCC[N+]1=C(C=CC=C2N(CCOCCOC)c3ccc(-c4ccc(S(=O)(=O)NCCOCCOC)cc4)cc3C2(C)C)C(C)(C)c2cc(S(=O)(=O)NC(C)CCCCC(=O)ON3C(=O)CCC3=O)ccc21. The van der Waals surface area contributed by atoms with Crippen molar-refractivity contribution >= 4 is 54.9 Å². The lowest BCUT2D eigenvalue weighted by atomic mass is 9.81. The van der Waals surface area contributed by atoms with Crippen LogP contribution in [0.2, 0.25) is 0 Å². The van der Waals surface area contributed by atoms with Crippen molar-refractivity contribution in [3.63, 3.8) is 0 Å². The molecule has 3 aliphatic heterocycles. The first-order chi connectivity index (χ1) is 34.8. The molecule has 3 heterocycles. The molecule has 0 radical (unpaired) electrons. The number of fused-ring (bicyclic) bond motifs is 2. The van der Waals surface area contributed by atoms with Crippen LogP contribution in [0, 0.1) is 0 Å². The largest absolute Gasteiger partial charge is 0.382 e. The molecule has 73 heavy (non-hydrogen) atoms. The first-order valence-corrected chi connectivity index (χ1v) is 28.2. The summed E-state index contributed by atoms with van der Waals surface area (Å²) in [5.41, 5.74) is 6.98. The number of amides is 2. The Morgan fingerprint density at radius 2 is 1.42 bits per heavy atom. The Bertz CT molecular complexity index is 2750. The second-order valence-corrected chi connectivity index (χ2v) is 23.0. The number of anilines is 1. The standard InChI is InChI=1S/C54H74N5O12S2/c1-9-10-29-57-47-25-23-43(73(65,66)56-39(2)14-11-12-17-52(62)71-59-50(60)26-27-51(59)61)38-45(47)54(5,6)48(57)15-13-16-49-53(3,4)44-37-41(20-24-46(44)58(49)30-32-70-36-34-68-8)40-18-21-42(22-19-40)72(63,64)55-28-31-69-35-33-67-7/h13,15-16,18-25,37-39,55-56H,9-12,14,17,26-36H2,1-8H3/q+1. The quantitative estimate of drug-likeness (QED) is 0.0402. The number of rotatable bonds is 29. The van der Waals surface area contributed by atoms with Gasteiger partial charge in [-0.2, -0.15) is 4.58 Å². The lowest BCUT2D eigenvalue weighted by molar-refractivity contribution is -0.438. The van der Waals surface area contributed by atoms with Gasteiger partial charge in [-0.3, -0.25) is 9.59 Å². The van der Waals surface area contributed by atoms with Crippen LogP contribution >= 0.6 is 0 Å². The van der Waals surface area contributed by atoms with Crippen molar-refractivity contribution in [2.75, 3.05) is 78.4 Å². The van der Waals surface area contributed by atoms with Gasteiger partial charge in [0.2, 0.25) is 25.7 Å². The van der Waals surface area contributed by atoms with Gasteiger partial charge in [-0.05, 0) is 92.8 Å². The molecule has 2 amide bonds. The van der Waals surface area contributed by atoms with Crippen molar-refractivity contribution in [1.29, 1.82) is 0 Å². The summed E-state index contributed by atoms with van der Waals surface area (Å²) >= 11 is 0. The highest BCUT2D eigenvalue weighted by atomic mass is 32.2. The second kappa shape index (κ2) is 25.4. The van der Waals surface area contributed by atoms with E-state index in [2.05, 4.69) is 90.0 Å². The number of sulfonamides is 2. The highest BCUT2D eigenvalue weighted by Gasteiger charge is 2.45. The molecule has 0 aromatic heterocycles. The van der Waals surface area contributed by atoms with Gasteiger partial charge < -0.3 is 28.7 Å². The number of nitrogens with one attached hydrogen (secondary N) is 2. The van der Waals surface area contributed by atoms with E-state index >= 15 is 0 Å². The number of unbranched alkanes of at least 4 members (excludes halogenated alkanes) is 2. The maximum Gasteiger partial charge on any atom is 0.333 e. The molecule has 6 rings (SSSR count). The maximum atomic E-state index is 13.9. The molecular weight excluding hydrogens is 975 g/mol. The summed E-state index contributed by atoms with van der Waals surface area (Å²) in [5.74, 6) is -1.74. The molecule has 1 unspecified atom stereocenters. The fourth-order valence-electron chi connectivity index (χ4n) is 9.42. The van der Waals surface area contributed by atoms with E-state index in [-0.39, 0.29) is 42.2 Å². The highest BCUT2D eigenvalue weighted by Crippen LogP contribution is 2.49. The van der Waals surface area contributed by atoms with Crippen LogP contribution in [-0.4, -0.2) is 130 Å². The number of hydrogen-bond acceptors (Lipinski definition) is 13. The molecule has 2 N–H and O–H groups in total. The average molecular weight is 1050 g/mol. The van der Waals surface area contributed by atoms with Crippen LogP contribution in [0.4, 0.5) is 11.4 Å². The number of benzene rings is 3. The van der Waals surface area contributed by atoms with E-state index in [0.29, 0.717) is 63.9 Å². The average Bonchev–Trinajstić information content (AvgIpc) is 3.87. The Balaban J connectivity index is 1.19. The predicted octanol–water partition coefficient (Wildman–Crippen LogP) is 7.21. The monoisotopic (exact) mass is 1050 g/mol. The molecule has 17 nitrogen and oxygen atoms in total. The zero-order valence-electron chi connectivity index (χ0n) is 43.7. The smallest absolute Gasteiger partial charge is 0.333 e. The van der Waals surface area contributed by atoms with Gasteiger partial charge in [-0.15, -0.1) is 5.06 Å².